The average Bonchev–Trinajstić information content (AvgIpc) is 2.36. The van der Waals surface area contributed by atoms with Crippen molar-refractivity contribution in [3.8, 4) is 0 Å². The van der Waals surface area contributed by atoms with E-state index in [-0.39, 0.29) is 17.7 Å². The van der Waals surface area contributed by atoms with Gasteiger partial charge in [0.2, 0.25) is 0 Å². The predicted octanol–water partition coefficient (Wildman–Crippen LogP) is 3.05. The molecule has 1 aromatic rings. The number of hydrogen-bond donors (Lipinski definition) is 0. The topological polar surface area (TPSA) is 52.6 Å². The highest BCUT2D eigenvalue weighted by Crippen LogP contribution is 2.18. The van der Waals surface area contributed by atoms with Crippen molar-refractivity contribution in [2.24, 2.45) is 0 Å². The summed E-state index contributed by atoms with van der Waals surface area (Å²) in [6.45, 7) is 5.51. The number of methoxy groups -OCH3 is 1. The van der Waals surface area contributed by atoms with Crippen molar-refractivity contribution < 1.29 is 19.1 Å². The molecule has 20 heavy (non-hydrogen) atoms. The highest BCUT2D eigenvalue weighted by Gasteiger charge is 2.16. The molecule has 0 amide bonds. The van der Waals surface area contributed by atoms with Crippen LogP contribution in [-0.4, -0.2) is 30.4 Å². The van der Waals surface area contributed by atoms with Gasteiger partial charge in [0.1, 0.15) is 5.60 Å². The summed E-state index contributed by atoms with van der Waals surface area (Å²) < 4.78 is 9.95. The zero-order valence-electron chi connectivity index (χ0n) is 12.3. The summed E-state index contributed by atoms with van der Waals surface area (Å²) in [7, 11) is 1.35. The summed E-state index contributed by atoms with van der Waals surface area (Å²) in [5.74, 6) is 0.202. The second-order valence-electron chi connectivity index (χ2n) is 5.23. The largest absolute Gasteiger partial charge is 0.465 e. The SMILES string of the molecule is COC(=O)c1ccccc1CSCC(=O)OC(C)(C)C. The molecule has 0 unspecified atom stereocenters. The summed E-state index contributed by atoms with van der Waals surface area (Å²) in [4.78, 5) is 23.2. The monoisotopic (exact) mass is 296 g/mol. The summed E-state index contributed by atoms with van der Waals surface area (Å²) in [6.07, 6.45) is 0. The molecule has 0 fully saturated rings. The smallest absolute Gasteiger partial charge is 0.338 e. The molecule has 0 saturated heterocycles. The Morgan fingerprint density at radius 3 is 2.45 bits per heavy atom. The molecule has 0 aliphatic rings. The lowest BCUT2D eigenvalue weighted by atomic mass is 10.1. The summed E-state index contributed by atoms with van der Waals surface area (Å²) in [6, 6.07) is 7.22. The van der Waals surface area contributed by atoms with E-state index >= 15 is 0 Å². The fourth-order valence-electron chi connectivity index (χ4n) is 1.57. The quantitative estimate of drug-likeness (QED) is 0.782. The fraction of sp³-hybridized carbons (Fsp3) is 0.467. The number of rotatable bonds is 5. The van der Waals surface area contributed by atoms with Gasteiger partial charge in [-0.25, -0.2) is 4.79 Å². The molecule has 0 N–H and O–H groups in total. The molecule has 0 radical (unpaired) electrons. The van der Waals surface area contributed by atoms with Crippen molar-refractivity contribution in [2.45, 2.75) is 32.1 Å². The van der Waals surface area contributed by atoms with Crippen LogP contribution in [0.25, 0.3) is 0 Å². The lowest BCUT2D eigenvalue weighted by Crippen LogP contribution is -2.25. The first-order valence-corrected chi connectivity index (χ1v) is 7.45. The molecule has 0 heterocycles. The van der Waals surface area contributed by atoms with Crippen LogP contribution < -0.4 is 0 Å². The maximum Gasteiger partial charge on any atom is 0.338 e. The first-order chi connectivity index (χ1) is 9.33. The van der Waals surface area contributed by atoms with Gasteiger partial charge in [-0.2, -0.15) is 0 Å². The minimum absolute atomic E-state index is 0.252. The van der Waals surface area contributed by atoms with Gasteiger partial charge in [0.05, 0.1) is 18.4 Å². The first kappa shape index (κ1) is 16.6. The molecule has 0 aliphatic heterocycles. The van der Waals surface area contributed by atoms with E-state index in [4.69, 9.17) is 9.47 Å². The van der Waals surface area contributed by atoms with Crippen LogP contribution in [0.5, 0.6) is 0 Å². The minimum atomic E-state index is -0.471. The fourth-order valence-corrected chi connectivity index (χ4v) is 2.37. The van der Waals surface area contributed by atoms with Crippen LogP contribution in [-0.2, 0) is 20.0 Å². The van der Waals surface area contributed by atoms with Crippen molar-refractivity contribution >= 4 is 23.7 Å². The number of hydrogen-bond acceptors (Lipinski definition) is 5. The van der Waals surface area contributed by atoms with E-state index in [0.717, 1.165) is 5.56 Å². The molecule has 5 heteroatoms. The van der Waals surface area contributed by atoms with Crippen molar-refractivity contribution in [1.82, 2.24) is 0 Å². The lowest BCUT2D eigenvalue weighted by molar-refractivity contribution is -0.151. The Morgan fingerprint density at radius 1 is 1.20 bits per heavy atom. The lowest BCUT2D eigenvalue weighted by Gasteiger charge is -2.19. The minimum Gasteiger partial charge on any atom is -0.465 e. The van der Waals surface area contributed by atoms with Gasteiger partial charge in [-0.05, 0) is 32.4 Å². The third-order valence-corrected chi connectivity index (χ3v) is 3.28. The molecule has 0 saturated carbocycles. The normalized spacial score (nSPS) is 11.0. The van der Waals surface area contributed by atoms with Gasteiger partial charge in [0, 0.05) is 5.75 Å². The second-order valence-corrected chi connectivity index (χ2v) is 6.21. The molecular weight excluding hydrogens is 276 g/mol. The Labute approximate surface area is 123 Å². The Balaban J connectivity index is 2.54. The highest BCUT2D eigenvalue weighted by molar-refractivity contribution is 7.99. The van der Waals surface area contributed by atoms with E-state index in [1.807, 2.05) is 32.9 Å². The molecule has 0 spiro atoms. The Kier molecular flexibility index (Phi) is 6.07. The van der Waals surface area contributed by atoms with Gasteiger partial charge in [-0.3, -0.25) is 4.79 Å². The Hall–Kier alpha value is -1.49. The molecular formula is C15H20O4S. The standard InChI is InChI=1S/C15H20O4S/c1-15(2,3)19-13(16)10-20-9-11-7-5-6-8-12(11)14(17)18-4/h5-8H,9-10H2,1-4H3. The van der Waals surface area contributed by atoms with Crippen LogP contribution in [0.2, 0.25) is 0 Å². The third-order valence-electron chi connectivity index (χ3n) is 2.32. The van der Waals surface area contributed by atoms with Crippen LogP contribution in [0.1, 0.15) is 36.7 Å². The van der Waals surface area contributed by atoms with Gasteiger partial charge in [0.25, 0.3) is 0 Å². The zero-order valence-corrected chi connectivity index (χ0v) is 13.1. The zero-order chi connectivity index (χ0) is 15.2. The number of carbonyl (C=O) groups is 2. The number of esters is 2. The van der Waals surface area contributed by atoms with E-state index in [0.29, 0.717) is 11.3 Å². The predicted molar refractivity (Wildman–Crippen MR) is 79.8 cm³/mol. The average molecular weight is 296 g/mol. The molecule has 0 aromatic heterocycles. The Morgan fingerprint density at radius 2 is 1.85 bits per heavy atom. The van der Waals surface area contributed by atoms with E-state index < -0.39 is 5.60 Å². The van der Waals surface area contributed by atoms with Crippen LogP contribution in [0, 0.1) is 0 Å². The van der Waals surface area contributed by atoms with Gasteiger partial charge < -0.3 is 9.47 Å². The van der Waals surface area contributed by atoms with E-state index in [2.05, 4.69) is 0 Å². The second kappa shape index (κ2) is 7.33. The maximum absolute atomic E-state index is 11.6. The molecule has 110 valence electrons. The van der Waals surface area contributed by atoms with Crippen molar-refractivity contribution in [3.05, 3.63) is 35.4 Å². The summed E-state index contributed by atoms with van der Waals surface area (Å²) in [5, 5.41) is 0. The number of ether oxygens (including phenoxy) is 2. The van der Waals surface area contributed by atoms with Crippen LogP contribution in [0.3, 0.4) is 0 Å². The molecule has 0 aliphatic carbocycles. The molecule has 1 aromatic carbocycles. The number of thioether (sulfide) groups is 1. The third kappa shape index (κ3) is 5.65. The molecule has 1 rings (SSSR count). The van der Waals surface area contributed by atoms with Crippen molar-refractivity contribution in [3.63, 3.8) is 0 Å². The van der Waals surface area contributed by atoms with E-state index in [1.165, 1.54) is 18.9 Å². The van der Waals surface area contributed by atoms with Gasteiger partial charge in [-0.15, -0.1) is 11.8 Å². The number of benzene rings is 1. The van der Waals surface area contributed by atoms with E-state index in [9.17, 15) is 9.59 Å². The van der Waals surface area contributed by atoms with Crippen LogP contribution in [0.4, 0.5) is 0 Å². The number of carbonyl (C=O) groups excluding carboxylic acids is 2. The maximum atomic E-state index is 11.6. The summed E-state index contributed by atoms with van der Waals surface area (Å²) >= 11 is 1.41. The molecule has 0 atom stereocenters. The Bertz CT molecular complexity index is 477. The van der Waals surface area contributed by atoms with Gasteiger partial charge in [-0.1, -0.05) is 18.2 Å². The van der Waals surface area contributed by atoms with Crippen molar-refractivity contribution in [1.29, 1.82) is 0 Å². The van der Waals surface area contributed by atoms with Crippen molar-refractivity contribution in [2.75, 3.05) is 12.9 Å². The van der Waals surface area contributed by atoms with Gasteiger partial charge in [0.15, 0.2) is 0 Å². The first-order valence-electron chi connectivity index (χ1n) is 6.29. The highest BCUT2D eigenvalue weighted by atomic mass is 32.2. The van der Waals surface area contributed by atoms with Crippen LogP contribution >= 0.6 is 11.8 Å². The van der Waals surface area contributed by atoms with E-state index in [1.54, 1.807) is 12.1 Å². The molecule has 0 bridgehead atoms. The van der Waals surface area contributed by atoms with Crippen LogP contribution in [0.15, 0.2) is 24.3 Å². The molecule has 4 nitrogen and oxygen atoms in total. The van der Waals surface area contributed by atoms with Gasteiger partial charge >= 0.3 is 11.9 Å². The summed E-state index contributed by atoms with van der Waals surface area (Å²) in [5.41, 5.74) is 0.918.